The second-order valence-corrected chi connectivity index (χ2v) is 3.04. The van der Waals surface area contributed by atoms with Crippen LogP contribution in [0.2, 0.25) is 0 Å². The molecule has 0 unspecified atom stereocenters. The van der Waals surface area contributed by atoms with Gasteiger partial charge in [0, 0.05) is 6.54 Å². The highest BCUT2D eigenvalue weighted by atomic mass is 16.4. The lowest BCUT2D eigenvalue weighted by atomic mass is 10.3. The first kappa shape index (κ1) is 12.2. The van der Waals surface area contributed by atoms with Crippen molar-refractivity contribution in [1.82, 2.24) is 10.6 Å². The molecule has 0 aliphatic rings. The van der Waals surface area contributed by atoms with E-state index in [2.05, 4.69) is 17.6 Å². The second kappa shape index (κ2) is 9.32. The van der Waals surface area contributed by atoms with Crippen LogP contribution in [-0.4, -0.2) is 30.8 Å². The molecule has 0 aliphatic heterocycles. The molecule has 0 fully saturated rings. The predicted octanol–water partition coefficient (Wildman–Crippen LogP) is 1.42. The molecule has 4 nitrogen and oxygen atoms in total. The Bertz CT molecular complexity index is 129. The molecule has 1 amide bonds. The highest BCUT2D eigenvalue weighted by Gasteiger charge is 1.92. The number of hydrogen-bond donors (Lipinski definition) is 3. The van der Waals surface area contributed by atoms with Crippen molar-refractivity contribution in [1.29, 1.82) is 0 Å². The smallest absolute Gasteiger partial charge is 0.404 e. The van der Waals surface area contributed by atoms with Gasteiger partial charge in [-0.1, -0.05) is 13.3 Å². The number of carbonyl (C=O) groups is 1. The van der Waals surface area contributed by atoms with E-state index in [4.69, 9.17) is 5.11 Å². The van der Waals surface area contributed by atoms with E-state index in [9.17, 15) is 4.79 Å². The van der Waals surface area contributed by atoms with Crippen LogP contribution in [0, 0.1) is 0 Å². The molecule has 0 spiro atoms. The van der Waals surface area contributed by atoms with Crippen LogP contribution < -0.4 is 10.6 Å². The van der Waals surface area contributed by atoms with Crippen LogP contribution in [-0.2, 0) is 0 Å². The van der Waals surface area contributed by atoms with E-state index >= 15 is 0 Å². The largest absolute Gasteiger partial charge is 0.465 e. The number of unbranched alkanes of at least 4 members (excludes halogenated alkanes) is 2. The number of hydrogen-bond acceptors (Lipinski definition) is 2. The van der Waals surface area contributed by atoms with E-state index in [1.54, 1.807) is 0 Å². The van der Waals surface area contributed by atoms with Crippen LogP contribution >= 0.6 is 0 Å². The van der Waals surface area contributed by atoms with Crippen molar-refractivity contribution >= 4 is 6.09 Å². The first-order valence-corrected chi connectivity index (χ1v) is 4.95. The summed E-state index contributed by atoms with van der Waals surface area (Å²) in [5, 5.41) is 13.9. The molecular weight excluding hydrogens is 168 g/mol. The third-order valence-electron chi connectivity index (χ3n) is 1.76. The van der Waals surface area contributed by atoms with E-state index in [1.165, 1.54) is 12.8 Å². The molecular formula is C9H20N2O2. The van der Waals surface area contributed by atoms with Gasteiger partial charge in [0.05, 0.1) is 0 Å². The lowest BCUT2D eigenvalue weighted by Gasteiger charge is -2.03. The quantitative estimate of drug-likeness (QED) is 0.505. The van der Waals surface area contributed by atoms with Gasteiger partial charge >= 0.3 is 6.09 Å². The van der Waals surface area contributed by atoms with Gasteiger partial charge in [-0.05, 0) is 32.4 Å². The fraction of sp³-hybridized carbons (Fsp3) is 0.889. The second-order valence-electron chi connectivity index (χ2n) is 3.04. The molecule has 0 saturated carbocycles. The van der Waals surface area contributed by atoms with Gasteiger partial charge in [0.15, 0.2) is 0 Å². The monoisotopic (exact) mass is 188 g/mol. The predicted molar refractivity (Wildman–Crippen MR) is 53.0 cm³/mol. The van der Waals surface area contributed by atoms with Crippen molar-refractivity contribution in [2.75, 3.05) is 19.6 Å². The summed E-state index contributed by atoms with van der Waals surface area (Å²) in [4.78, 5) is 10.0. The molecule has 0 aliphatic carbocycles. The molecule has 13 heavy (non-hydrogen) atoms. The fourth-order valence-electron chi connectivity index (χ4n) is 0.997. The summed E-state index contributed by atoms with van der Waals surface area (Å²) in [7, 11) is 0. The van der Waals surface area contributed by atoms with E-state index in [0.29, 0.717) is 6.54 Å². The van der Waals surface area contributed by atoms with Gasteiger partial charge in [0.2, 0.25) is 0 Å². The summed E-state index contributed by atoms with van der Waals surface area (Å²) < 4.78 is 0. The standard InChI is InChI=1S/C9H20N2O2/c1-2-3-6-10-7-4-5-8-11-9(12)13/h10-11H,2-8H2,1H3,(H,12,13). The van der Waals surface area contributed by atoms with Gasteiger partial charge in [-0.25, -0.2) is 4.79 Å². The Labute approximate surface area is 79.7 Å². The number of rotatable bonds is 8. The molecule has 0 aromatic rings. The van der Waals surface area contributed by atoms with Gasteiger partial charge in [-0.15, -0.1) is 0 Å². The zero-order valence-electron chi connectivity index (χ0n) is 8.31. The van der Waals surface area contributed by atoms with Crippen LogP contribution in [0.3, 0.4) is 0 Å². The van der Waals surface area contributed by atoms with Gasteiger partial charge in [-0.3, -0.25) is 0 Å². The Morgan fingerprint density at radius 1 is 1.15 bits per heavy atom. The maximum atomic E-state index is 10.0. The third kappa shape index (κ3) is 11.2. The molecule has 0 bridgehead atoms. The number of amides is 1. The van der Waals surface area contributed by atoms with Gasteiger partial charge < -0.3 is 15.7 Å². The maximum Gasteiger partial charge on any atom is 0.404 e. The van der Waals surface area contributed by atoms with Crippen LogP contribution in [0.25, 0.3) is 0 Å². The molecule has 0 radical (unpaired) electrons. The molecule has 0 heterocycles. The Kier molecular flexibility index (Phi) is 8.77. The molecule has 0 aromatic heterocycles. The SMILES string of the molecule is CCCCNCCCCNC(=O)O. The summed E-state index contributed by atoms with van der Waals surface area (Å²) in [5.74, 6) is 0. The molecule has 0 rings (SSSR count). The van der Waals surface area contributed by atoms with Crippen molar-refractivity contribution in [3.63, 3.8) is 0 Å². The molecule has 0 atom stereocenters. The van der Waals surface area contributed by atoms with Gasteiger partial charge in [-0.2, -0.15) is 0 Å². The van der Waals surface area contributed by atoms with E-state index < -0.39 is 6.09 Å². The summed E-state index contributed by atoms with van der Waals surface area (Å²) in [6.07, 6.45) is 3.44. The molecule has 4 heteroatoms. The zero-order chi connectivity index (χ0) is 9.94. The number of carboxylic acid groups (broad SMARTS) is 1. The van der Waals surface area contributed by atoms with Crippen LogP contribution in [0.5, 0.6) is 0 Å². The average molecular weight is 188 g/mol. The molecule has 78 valence electrons. The lowest BCUT2D eigenvalue weighted by molar-refractivity contribution is 0.194. The zero-order valence-corrected chi connectivity index (χ0v) is 8.31. The number of nitrogens with one attached hydrogen (secondary N) is 2. The summed E-state index contributed by atoms with van der Waals surface area (Å²) in [6.45, 7) is 4.79. The Morgan fingerprint density at radius 2 is 1.77 bits per heavy atom. The van der Waals surface area contributed by atoms with Crippen LogP contribution in [0.1, 0.15) is 32.6 Å². The highest BCUT2D eigenvalue weighted by Crippen LogP contribution is 1.86. The van der Waals surface area contributed by atoms with Gasteiger partial charge in [0.25, 0.3) is 0 Å². The Morgan fingerprint density at radius 3 is 2.38 bits per heavy atom. The van der Waals surface area contributed by atoms with Crippen LogP contribution in [0.15, 0.2) is 0 Å². The van der Waals surface area contributed by atoms with Gasteiger partial charge in [0.1, 0.15) is 0 Å². The fourth-order valence-corrected chi connectivity index (χ4v) is 0.997. The maximum absolute atomic E-state index is 10.0. The van der Waals surface area contributed by atoms with Crippen molar-refractivity contribution in [2.24, 2.45) is 0 Å². The normalized spacial score (nSPS) is 9.92. The van der Waals surface area contributed by atoms with Crippen molar-refractivity contribution in [2.45, 2.75) is 32.6 Å². The summed E-state index contributed by atoms with van der Waals surface area (Å²) in [6, 6.07) is 0. The van der Waals surface area contributed by atoms with E-state index in [1.807, 2.05) is 0 Å². The summed E-state index contributed by atoms with van der Waals surface area (Å²) in [5.41, 5.74) is 0. The lowest BCUT2D eigenvalue weighted by Crippen LogP contribution is -2.23. The van der Waals surface area contributed by atoms with Crippen molar-refractivity contribution in [3.05, 3.63) is 0 Å². The van der Waals surface area contributed by atoms with Crippen molar-refractivity contribution in [3.8, 4) is 0 Å². The first-order chi connectivity index (χ1) is 6.27. The minimum atomic E-state index is -0.932. The van der Waals surface area contributed by atoms with Crippen LogP contribution in [0.4, 0.5) is 4.79 Å². The minimum Gasteiger partial charge on any atom is -0.465 e. The van der Waals surface area contributed by atoms with E-state index in [0.717, 1.165) is 25.9 Å². The Hall–Kier alpha value is -0.770. The van der Waals surface area contributed by atoms with Crippen molar-refractivity contribution < 1.29 is 9.90 Å². The Balaban J connectivity index is 2.87. The minimum absolute atomic E-state index is 0.560. The topological polar surface area (TPSA) is 61.4 Å². The molecule has 0 aromatic carbocycles. The third-order valence-corrected chi connectivity index (χ3v) is 1.76. The molecule has 3 N–H and O–H groups in total. The average Bonchev–Trinajstić information content (AvgIpc) is 2.09. The molecule has 0 saturated heterocycles. The highest BCUT2D eigenvalue weighted by molar-refractivity contribution is 5.64. The summed E-state index contributed by atoms with van der Waals surface area (Å²) >= 11 is 0. The first-order valence-electron chi connectivity index (χ1n) is 4.95. The van der Waals surface area contributed by atoms with E-state index in [-0.39, 0.29) is 0 Å².